The highest BCUT2D eigenvalue weighted by Gasteiger charge is 2.06. The minimum atomic E-state index is 0.609. The molecule has 2 aromatic rings. The quantitative estimate of drug-likeness (QED) is 0.451. The van der Waals surface area contributed by atoms with E-state index in [0.717, 1.165) is 23.0 Å². The van der Waals surface area contributed by atoms with E-state index >= 15 is 0 Å². The Bertz CT molecular complexity index is 702. The zero-order chi connectivity index (χ0) is 18.1. The average Bonchev–Trinajstić information content (AvgIpc) is 2.68. The third-order valence-electron chi connectivity index (χ3n) is 3.78. The molecule has 0 radical (unpaired) electrons. The number of hydrogen-bond acceptors (Lipinski definition) is 4. The monoisotopic (exact) mass is 359 g/mol. The number of methoxy groups -OCH3 is 2. The summed E-state index contributed by atoms with van der Waals surface area (Å²) in [6.45, 7) is 1.33. The Morgan fingerprint density at radius 1 is 1.00 bits per heavy atom. The zero-order valence-electron chi connectivity index (χ0n) is 15.1. The number of nitrogens with zero attached hydrogens (tertiary/aromatic N) is 1. The van der Waals surface area contributed by atoms with Crippen LogP contribution in [0.4, 0.5) is 0 Å². The summed E-state index contributed by atoms with van der Waals surface area (Å²) in [4.78, 5) is 5.53. The van der Waals surface area contributed by atoms with Crippen molar-refractivity contribution >= 4 is 17.7 Å². The molecule has 6 heteroatoms. The van der Waals surface area contributed by atoms with Crippen LogP contribution in [0.25, 0.3) is 0 Å². The van der Waals surface area contributed by atoms with Gasteiger partial charge in [0.1, 0.15) is 11.5 Å². The summed E-state index contributed by atoms with van der Waals surface area (Å²) < 4.78 is 10.6. The van der Waals surface area contributed by atoms with Gasteiger partial charge in [0.15, 0.2) is 5.96 Å². The minimum Gasteiger partial charge on any atom is -0.497 e. The van der Waals surface area contributed by atoms with Crippen LogP contribution in [-0.4, -0.2) is 33.5 Å². The van der Waals surface area contributed by atoms with Gasteiger partial charge in [0.25, 0.3) is 0 Å². The van der Waals surface area contributed by atoms with Gasteiger partial charge in [-0.3, -0.25) is 4.99 Å². The summed E-state index contributed by atoms with van der Waals surface area (Å²) in [6.07, 6.45) is 2.08. The summed E-state index contributed by atoms with van der Waals surface area (Å²) in [5, 5.41) is 6.62. The lowest BCUT2D eigenvalue weighted by Crippen LogP contribution is -2.36. The Morgan fingerprint density at radius 3 is 2.32 bits per heavy atom. The molecule has 0 bridgehead atoms. The predicted octanol–water partition coefficient (Wildman–Crippen LogP) is 3.29. The van der Waals surface area contributed by atoms with Gasteiger partial charge >= 0.3 is 0 Å². The van der Waals surface area contributed by atoms with Crippen molar-refractivity contribution in [3.63, 3.8) is 0 Å². The van der Waals surface area contributed by atoms with E-state index in [-0.39, 0.29) is 0 Å². The minimum absolute atomic E-state index is 0.609. The lowest BCUT2D eigenvalue weighted by atomic mass is 10.2. The van der Waals surface area contributed by atoms with Crippen molar-refractivity contribution in [1.82, 2.24) is 10.6 Å². The van der Waals surface area contributed by atoms with Crippen molar-refractivity contribution in [2.75, 3.05) is 27.5 Å². The van der Waals surface area contributed by atoms with Crippen LogP contribution in [0.5, 0.6) is 11.5 Å². The molecule has 0 aliphatic carbocycles. The molecule has 5 nitrogen and oxygen atoms in total. The highest BCUT2D eigenvalue weighted by atomic mass is 32.2. The largest absolute Gasteiger partial charge is 0.497 e. The lowest BCUT2D eigenvalue weighted by molar-refractivity contribution is 0.390. The number of nitrogens with one attached hydrogen (secondary N) is 2. The second-order valence-electron chi connectivity index (χ2n) is 5.31. The summed E-state index contributed by atoms with van der Waals surface area (Å²) >= 11 is 1.74. The van der Waals surface area contributed by atoms with E-state index in [1.807, 2.05) is 18.2 Å². The third-order valence-corrected chi connectivity index (χ3v) is 4.53. The van der Waals surface area contributed by atoms with E-state index in [2.05, 4.69) is 46.1 Å². The van der Waals surface area contributed by atoms with Gasteiger partial charge in [0.2, 0.25) is 0 Å². The van der Waals surface area contributed by atoms with Crippen molar-refractivity contribution in [1.29, 1.82) is 0 Å². The van der Waals surface area contributed by atoms with Crippen LogP contribution in [0.2, 0.25) is 0 Å². The molecule has 0 heterocycles. The number of guanidine groups is 1. The molecule has 0 saturated heterocycles. The normalized spacial score (nSPS) is 11.1. The molecule has 2 aromatic carbocycles. The molecule has 0 saturated carbocycles. The van der Waals surface area contributed by atoms with E-state index < -0.39 is 0 Å². The van der Waals surface area contributed by atoms with E-state index in [0.29, 0.717) is 13.1 Å². The molecule has 0 fully saturated rings. The van der Waals surface area contributed by atoms with E-state index in [1.165, 1.54) is 10.5 Å². The van der Waals surface area contributed by atoms with Crippen LogP contribution in [-0.2, 0) is 13.1 Å². The first-order chi connectivity index (χ1) is 12.2. The van der Waals surface area contributed by atoms with Crippen molar-refractivity contribution < 1.29 is 9.47 Å². The maximum absolute atomic E-state index is 5.42. The van der Waals surface area contributed by atoms with Crippen LogP contribution in [0.3, 0.4) is 0 Å². The van der Waals surface area contributed by atoms with Gasteiger partial charge in [-0.25, -0.2) is 0 Å². The Morgan fingerprint density at radius 2 is 1.72 bits per heavy atom. The molecule has 0 aromatic heterocycles. The lowest BCUT2D eigenvalue weighted by Gasteiger charge is -2.14. The first-order valence-corrected chi connectivity index (χ1v) is 9.21. The Hall–Kier alpha value is -2.34. The molecule has 25 heavy (non-hydrogen) atoms. The number of ether oxygens (including phenoxy) is 2. The molecule has 0 unspecified atom stereocenters. The molecule has 0 amide bonds. The van der Waals surface area contributed by atoms with Gasteiger partial charge in [-0.1, -0.05) is 12.1 Å². The number of aliphatic imine (C=N–C) groups is 1. The predicted molar refractivity (Wildman–Crippen MR) is 105 cm³/mol. The first-order valence-electron chi connectivity index (χ1n) is 7.98. The van der Waals surface area contributed by atoms with Crippen LogP contribution in [0, 0.1) is 0 Å². The van der Waals surface area contributed by atoms with Crippen LogP contribution in [0.15, 0.2) is 52.4 Å². The van der Waals surface area contributed by atoms with Gasteiger partial charge in [-0.15, -0.1) is 11.8 Å². The maximum atomic E-state index is 5.42. The molecule has 2 rings (SSSR count). The summed E-state index contributed by atoms with van der Waals surface area (Å²) in [6, 6.07) is 14.3. The van der Waals surface area contributed by atoms with Crippen molar-refractivity contribution in [3.8, 4) is 11.5 Å². The molecule has 0 spiro atoms. The Kier molecular flexibility index (Phi) is 7.47. The number of hydrogen-bond donors (Lipinski definition) is 2. The first kappa shape index (κ1) is 19.0. The van der Waals surface area contributed by atoms with Crippen molar-refractivity contribution in [3.05, 3.63) is 53.6 Å². The van der Waals surface area contributed by atoms with Gasteiger partial charge in [0.05, 0.1) is 14.2 Å². The highest BCUT2D eigenvalue weighted by molar-refractivity contribution is 7.98. The summed E-state index contributed by atoms with van der Waals surface area (Å²) in [5.41, 5.74) is 2.25. The fraction of sp³-hybridized carbons (Fsp3) is 0.316. The smallest absolute Gasteiger partial charge is 0.191 e. The maximum Gasteiger partial charge on any atom is 0.191 e. The number of benzene rings is 2. The Labute approximate surface area is 153 Å². The SMILES string of the molecule is CN=C(NCc1ccc(SC)cc1)NCc1ccc(OC)cc1OC. The molecular formula is C19H25N3O2S. The Balaban J connectivity index is 1.91. The van der Waals surface area contributed by atoms with Gasteiger partial charge in [0, 0.05) is 36.7 Å². The fourth-order valence-electron chi connectivity index (χ4n) is 2.33. The molecule has 0 aliphatic heterocycles. The van der Waals surface area contributed by atoms with Gasteiger partial charge in [-0.2, -0.15) is 0 Å². The van der Waals surface area contributed by atoms with E-state index in [9.17, 15) is 0 Å². The molecule has 0 aliphatic rings. The number of rotatable bonds is 7. The van der Waals surface area contributed by atoms with Crippen LogP contribution in [0.1, 0.15) is 11.1 Å². The highest BCUT2D eigenvalue weighted by Crippen LogP contribution is 2.24. The van der Waals surface area contributed by atoms with E-state index in [1.54, 1.807) is 33.0 Å². The van der Waals surface area contributed by atoms with Crippen molar-refractivity contribution in [2.24, 2.45) is 4.99 Å². The molecule has 134 valence electrons. The van der Waals surface area contributed by atoms with Crippen LogP contribution >= 0.6 is 11.8 Å². The van der Waals surface area contributed by atoms with Gasteiger partial charge in [-0.05, 0) is 36.1 Å². The van der Waals surface area contributed by atoms with Gasteiger partial charge < -0.3 is 20.1 Å². The summed E-state index contributed by atoms with van der Waals surface area (Å²) in [7, 11) is 5.06. The standard InChI is InChI=1S/C19H25N3O2S/c1-20-19(21-12-14-5-9-17(25-4)10-6-14)22-13-15-7-8-16(23-2)11-18(15)24-3/h5-11H,12-13H2,1-4H3,(H2,20,21,22). The average molecular weight is 359 g/mol. The third kappa shape index (κ3) is 5.60. The summed E-state index contributed by atoms with van der Waals surface area (Å²) in [5.74, 6) is 2.30. The second kappa shape index (κ2) is 9.84. The number of thioether (sulfide) groups is 1. The topological polar surface area (TPSA) is 54.9 Å². The molecular weight excluding hydrogens is 334 g/mol. The molecule has 0 atom stereocenters. The van der Waals surface area contributed by atoms with E-state index in [4.69, 9.17) is 9.47 Å². The fourth-order valence-corrected chi connectivity index (χ4v) is 2.73. The van der Waals surface area contributed by atoms with Crippen molar-refractivity contribution in [2.45, 2.75) is 18.0 Å². The second-order valence-corrected chi connectivity index (χ2v) is 6.18. The molecule has 2 N–H and O–H groups in total. The zero-order valence-corrected chi connectivity index (χ0v) is 15.9. The van der Waals surface area contributed by atoms with Crippen LogP contribution < -0.4 is 20.1 Å².